The van der Waals surface area contributed by atoms with E-state index in [0.29, 0.717) is 12.8 Å². The van der Waals surface area contributed by atoms with Crippen LogP contribution in [0.4, 0.5) is 0 Å². The number of unbranched alkanes of at least 4 members (excludes halogenated alkanes) is 8. The molecule has 0 saturated heterocycles. The Morgan fingerprint density at radius 1 is 0.721 bits per heavy atom. The number of hydrogen-bond acceptors (Lipinski definition) is 7. The Balaban J connectivity index is 1.71. The molecule has 0 fully saturated rings. The van der Waals surface area contributed by atoms with Gasteiger partial charge in [-0.25, -0.2) is 9.59 Å². The van der Waals surface area contributed by atoms with Gasteiger partial charge in [-0.15, -0.1) is 0 Å². The fourth-order valence-electron chi connectivity index (χ4n) is 4.49. The summed E-state index contributed by atoms with van der Waals surface area (Å²) in [5.41, 5.74) is 0.232. The number of allylic oxidation sites excluding steroid dienone is 1. The van der Waals surface area contributed by atoms with Crippen molar-refractivity contribution in [1.29, 1.82) is 0 Å². The van der Waals surface area contributed by atoms with E-state index in [9.17, 15) is 24.3 Å². The van der Waals surface area contributed by atoms with Crippen molar-refractivity contribution in [2.45, 2.75) is 110 Å². The molecule has 0 spiro atoms. The van der Waals surface area contributed by atoms with Gasteiger partial charge >= 0.3 is 23.9 Å². The van der Waals surface area contributed by atoms with Gasteiger partial charge < -0.3 is 19.3 Å². The molecule has 43 heavy (non-hydrogen) atoms. The largest absolute Gasteiger partial charge is 0.478 e. The van der Waals surface area contributed by atoms with E-state index in [4.69, 9.17) is 14.2 Å². The number of carboxylic acids is 1. The number of carboxylic acid groups (broad SMARTS) is 1. The van der Waals surface area contributed by atoms with E-state index in [1.54, 1.807) is 43.3 Å². The van der Waals surface area contributed by atoms with Crippen molar-refractivity contribution in [1.82, 2.24) is 0 Å². The van der Waals surface area contributed by atoms with Crippen LogP contribution in [-0.2, 0) is 14.3 Å². The molecule has 1 atom stereocenters. The molecule has 1 unspecified atom stereocenters. The first-order valence-corrected chi connectivity index (χ1v) is 15.5. The highest BCUT2D eigenvalue weighted by Crippen LogP contribution is 2.23. The molecule has 2 aromatic rings. The Morgan fingerprint density at radius 3 is 2.02 bits per heavy atom. The molecule has 2 rings (SSSR count). The molecule has 0 radical (unpaired) electrons. The van der Waals surface area contributed by atoms with Crippen LogP contribution < -0.4 is 9.47 Å². The summed E-state index contributed by atoms with van der Waals surface area (Å²) in [6.45, 7) is 3.86. The van der Waals surface area contributed by atoms with Crippen LogP contribution in [0, 0.1) is 0 Å². The quantitative estimate of drug-likeness (QED) is 0.0662. The summed E-state index contributed by atoms with van der Waals surface area (Å²) in [7, 11) is 0. The smallest absolute Gasteiger partial charge is 0.342 e. The highest BCUT2D eigenvalue weighted by atomic mass is 16.6. The van der Waals surface area contributed by atoms with E-state index in [-0.39, 0.29) is 41.6 Å². The highest BCUT2D eigenvalue weighted by molar-refractivity contribution is 5.93. The Labute approximate surface area is 255 Å². The summed E-state index contributed by atoms with van der Waals surface area (Å²) in [4.78, 5) is 48.1. The summed E-state index contributed by atoms with van der Waals surface area (Å²) in [5.74, 6) is -2.14. The van der Waals surface area contributed by atoms with Crippen molar-refractivity contribution in [2.75, 3.05) is 0 Å². The minimum Gasteiger partial charge on any atom is -0.478 e. The third-order valence-electron chi connectivity index (χ3n) is 6.93. The number of rotatable bonds is 21. The van der Waals surface area contributed by atoms with Crippen LogP contribution in [0.15, 0.2) is 60.7 Å². The van der Waals surface area contributed by atoms with Gasteiger partial charge in [-0.05, 0) is 56.4 Å². The predicted molar refractivity (Wildman–Crippen MR) is 165 cm³/mol. The topological polar surface area (TPSA) is 116 Å². The lowest BCUT2D eigenvalue weighted by atomic mass is 10.1. The van der Waals surface area contributed by atoms with Gasteiger partial charge in [0, 0.05) is 19.3 Å². The average Bonchev–Trinajstić information content (AvgIpc) is 3.00. The number of esters is 3. The highest BCUT2D eigenvalue weighted by Gasteiger charge is 2.20. The first kappa shape index (κ1) is 35.3. The number of ether oxygens (including phenoxy) is 3. The van der Waals surface area contributed by atoms with Gasteiger partial charge in [0.2, 0.25) is 0 Å². The molecule has 0 heterocycles. The van der Waals surface area contributed by atoms with E-state index in [1.807, 2.05) is 0 Å². The standard InChI is InChI=1S/C35H46O8/c1-3-5-6-13-20-27(41-35(40)29-23-17-19-25-31(29)42-32(36)4-2)21-14-11-9-7-8-10-12-15-26-33(37)43-30-24-18-16-22-28(30)34(38)39/h11,14,16-19,22-25,27H,3-10,12-13,15,20-21,26H2,1-2H3,(H,38,39). The maximum Gasteiger partial charge on any atom is 0.342 e. The van der Waals surface area contributed by atoms with Gasteiger partial charge in [0.05, 0.1) is 0 Å². The minimum absolute atomic E-state index is 0.0232. The van der Waals surface area contributed by atoms with Gasteiger partial charge in [-0.1, -0.05) is 88.8 Å². The fraction of sp³-hybridized carbons (Fsp3) is 0.486. The molecule has 8 heteroatoms. The summed E-state index contributed by atoms with van der Waals surface area (Å²) in [6.07, 6.45) is 15.7. The van der Waals surface area contributed by atoms with Gasteiger partial charge in [0.1, 0.15) is 28.7 Å². The number of carbonyl (C=O) groups is 4. The van der Waals surface area contributed by atoms with E-state index in [1.165, 1.54) is 12.1 Å². The fourth-order valence-corrected chi connectivity index (χ4v) is 4.49. The number of benzene rings is 2. The summed E-state index contributed by atoms with van der Waals surface area (Å²) < 4.78 is 16.4. The van der Waals surface area contributed by atoms with E-state index in [0.717, 1.165) is 64.2 Å². The normalized spacial score (nSPS) is 11.7. The third kappa shape index (κ3) is 14.2. The van der Waals surface area contributed by atoms with E-state index in [2.05, 4.69) is 19.1 Å². The Kier molecular flexibility index (Phi) is 17.1. The predicted octanol–water partition coefficient (Wildman–Crippen LogP) is 8.48. The van der Waals surface area contributed by atoms with Crippen LogP contribution in [0.25, 0.3) is 0 Å². The third-order valence-corrected chi connectivity index (χ3v) is 6.93. The van der Waals surface area contributed by atoms with Gasteiger partial charge in [0.15, 0.2) is 0 Å². The van der Waals surface area contributed by atoms with E-state index >= 15 is 0 Å². The van der Waals surface area contributed by atoms with Crippen molar-refractivity contribution in [3.63, 3.8) is 0 Å². The van der Waals surface area contributed by atoms with Gasteiger partial charge in [-0.3, -0.25) is 9.59 Å². The monoisotopic (exact) mass is 594 g/mol. The molecule has 1 N–H and O–H groups in total. The molecule has 2 aromatic carbocycles. The van der Waals surface area contributed by atoms with Crippen molar-refractivity contribution >= 4 is 23.9 Å². The molecular formula is C35H46O8. The Morgan fingerprint density at radius 2 is 1.33 bits per heavy atom. The van der Waals surface area contributed by atoms with Crippen LogP contribution in [-0.4, -0.2) is 35.1 Å². The molecule has 8 nitrogen and oxygen atoms in total. The lowest BCUT2D eigenvalue weighted by Gasteiger charge is -2.17. The second-order valence-electron chi connectivity index (χ2n) is 10.5. The second-order valence-corrected chi connectivity index (χ2v) is 10.5. The molecule has 0 aliphatic carbocycles. The van der Waals surface area contributed by atoms with Crippen molar-refractivity contribution < 1.29 is 38.5 Å². The zero-order chi connectivity index (χ0) is 31.3. The molecule has 0 bridgehead atoms. The molecule has 234 valence electrons. The number of hydrogen-bond donors (Lipinski definition) is 1. The Bertz CT molecular complexity index is 1190. The maximum absolute atomic E-state index is 13.0. The summed E-state index contributed by atoms with van der Waals surface area (Å²) >= 11 is 0. The molecule has 0 amide bonds. The number of para-hydroxylation sites is 2. The lowest BCUT2D eigenvalue weighted by Crippen LogP contribution is -2.19. The summed E-state index contributed by atoms with van der Waals surface area (Å²) in [5, 5.41) is 9.20. The molecule has 0 aromatic heterocycles. The average molecular weight is 595 g/mol. The summed E-state index contributed by atoms with van der Waals surface area (Å²) in [6, 6.07) is 12.8. The van der Waals surface area contributed by atoms with Crippen molar-refractivity contribution in [2.24, 2.45) is 0 Å². The van der Waals surface area contributed by atoms with Crippen LogP contribution in [0.3, 0.4) is 0 Å². The number of aromatic carboxylic acids is 1. The van der Waals surface area contributed by atoms with Crippen LogP contribution in [0.5, 0.6) is 11.5 Å². The number of carbonyl (C=O) groups excluding carboxylic acids is 3. The minimum atomic E-state index is -1.13. The molecule has 0 saturated carbocycles. The van der Waals surface area contributed by atoms with Crippen LogP contribution in [0.1, 0.15) is 124 Å². The zero-order valence-corrected chi connectivity index (χ0v) is 25.6. The van der Waals surface area contributed by atoms with Crippen LogP contribution in [0.2, 0.25) is 0 Å². The first-order valence-electron chi connectivity index (χ1n) is 15.5. The van der Waals surface area contributed by atoms with Gasteiger partial charge in [0.25, 0.3) is 0 Å². The molecular weight excluding hydrogens is 548 g/mol. The van der Waals surface area contributed by atoms with Crippen molar-refractivity contribution in [3.05, 3.63) is 71.8 Å². The second kappa shape index (κ2) is 20.9. The maximum atomic E-state index is 13.0. The van der Waals surface area contributed by atoms with E-state index < -0.39 is 23.9 Å². The lowest BCUT2D eigenvalue weighted by molar-refractivity contribution is -0.135. The first-order chi connectivity index (χ1) is 20.8. The van der Waals surface area contributed by atoms with Gasteiger partial charge in [-0.2, -0.15) is 0 Å². The SMILES string of the molecule is CCCCCCC(CC=CCCCCCCCC(=O)Oc1ccccc1C(=O)O)OC(=O)c1ccccc1OC(=O)CC. The Hall–Kier alpha value is -3.94. The molecule has 0 aliphatic rings. The zero-order valence-electron chi connectivity index (χ0n) is 25.6. The van der Waals surface area contributed by atoms with Crippen LogP contribution >= 0.6 is 0 Å². The molecule has 0 aliphatic heterocycles. The van der Waals surface area contributed by atoms with Crippen molar-refractivity contribution in [3.8, 4) is 11.5 Å².